The van der Waals surface area contributed by atoms with Gasteiger partial charge in [0.25, 0.3) is 0 Å². The summed E-state index contributed by atoms with van der Waals surface area (Å²) >= 11 is 7.06. The molecule has 1 saturated heterocycles. The number of rotatable bonds is 6. The summed E-state index contributed by atoms with van der Waals surface area (Å²) in [5, 5.41) is 0. The Morgan fingerprint density at radius 1 is 0.964 bits per heavy atom. The van der Waals surface area contributed by atoms with Gasteiger partial charge in [-0.25, -0.2) is 0 Å². The summed E-state index contributed by atoms with van der Waals surface area (Å²) in [6, 6.07) is 20.6. The largest absolute Gasteiger partial charge is 0.355 e. The average molecular weight is 414 g/mol. The predicted molar refractivity (Wildman–Crippen MR) is 121 cm³/mol. The van der Waals surface area contributed by atoms with Gasteiger partial charge in [-0.1, -0.05) is 84.6 Å². The molecule has 148 valence electrons. The lowest BCUT2D eigenvalue weighted by Crippen LogP contribution is -2.47. The second-order valence-electron chi connectivity index (χ2n) is 7.04. The average Bonchev–Trinajstić information content (AvgIpc) is 2.73. The van der Waals surface area contributed by atoms with Gasteiger partial charge < -0.3 is 9.80 Å². The molecular formula is C22H27N3OS2. The van der Waals surface area contributed by atoms with Crippen LogP contribution in [0.1, 0.15) is 11.1 Å². The summed E-state index contributed by atoms with van der Waals surface area (Å²) in [5.74, 6) is 0.505. The normalized spacial score (nSPS) is 14.7. The molecule has 3 rings (SSSR count). The standard InChI is InChI=1S/C22H27N3OS2/c1-23(16-19-8-4-2-5-9-19)21(26)18-28-22(27)25-14-12-24(13-15-25)17-20-10-6-3-7-11-20/h2-11H,12-18H2,1H3. The summed E-state index contributed by atoms with van der Waals surface area (Å²) in [6.45, 7) is 5.46. The molecule has 4 nitrogen and oxygen atoms in total. The molecule has 6 heteroatoms. The lowest BCUT2D eigenvalue weighted by atomic mass is 10.2. The highest BCUT2D eigenvalue weighted by atomic mass is 32.2. The second-order valence-corrected chi connectivity index (χ2v) is 8.65. The van der Waals surface area contributed by atoms with Crippen molar-refractivity contribution in [2.45, 2.75) is 13.1 Å². The van der Waals surface area contributed by atoms with Crippen LogP contribution in [-0.2, 0) is 17.9 Å². The van der Waals surface area contributed by atoms with Gasteiger partial charge in [-0.15, -0.1) is 0 Å². The van der Waals surface area contributed by atoms with E-state index in [1.54, 1.807) is 4.90 Å². The fourth-order valence-electron chi connectivity index (χ4n) is 3.20. The van der Waals surface area contributed by atoms with E-state index in [2.05, 4.69) is 40.1 Å². The first-order valence-electron chi connectivity index (χ1n) is 9.57. The number of hydrogen-bond donors (Lipinski definition) is 0. The van der Waals surface area contributed by atoms with Gasteiger partial charge in [0.05, 0.1) is 5.75 Å². The molecule has 2 aromatic carbocycles. The number of hydrogen-bond acceptors (Lipinski definition) is 4. The van der Waals surface area contributed by atoms with Crippen LogP contribution in [-0.4, -0.2) is 63.9 Å². The number of piperazine rings is 1. The molecule has 28 heavy (non-hydrogen) atoms. The Morgan fingerprint density at radius 3 is 2.14 bits per heavy atom. The van der Waals surface area contributed by atoms with E-state index in [0.717, 1.165) is 42.6 Å². The van der Waals surface area contributed by atoms with Gasteiger partial charge in [-0.3, -0.25) is 9.69 Å². The molecule has 0 atom stereocenters. The molecule has 0 unspecified atom stereocenters. The van der Waals surface area contributed by atoms with Gasteiger partial charge >= 0.3 is 0 Å². The van der Waals surface area contributed by atoms with E-state index in [0.29, 0.717) is 12.3 Å². The van der Waals surface area contributed by atoms with Crippen LogP contribution in [0, 0.1) is 0 Å². The zero-order valence-corrected chi connectivity index (χ0v) is 17.9. The number of carbonyl (C=O) groups excluding carboxylic acids is 1. The van der Waals surface area contributed by atoms with Crippen molar-refractivity contribution in [3.05, 3.63) is 71.8 Å². The van der Waals surface area contributed by atoms with E-state index >= 15 is 0 Å². The maximum Gasteiger partial charge on any atom is 0.233 e. The van der Waals surface area contributed by atoms with E-state index in [4.69, 9.17) is 12.2 Å². The Hall–Kier alpha value is -1.89. The predicted octanol–water partition coefficient (Wildman–Crippen LogP) is 3.48. The van der Waals surface area contributed by atoms with Crippen LogP contribution in [0.15, 0.2) is 60.7 Å². The minimum atomic E-state index is 0.110. The van der Waals surface area contributed by atoms with Gasteiger partial charge in [-0.2, -0.15) is 0 Å². The lowest BCUT2D eigenvalue weighted by molar-refractivity contribution is -0.127. The topological polar surface area (TPSA) is 26.8 Å². The smallest absolute Gasteiger partial charge is 0.233 e. The fourth-order valence-corrected chi connectivity index (χ4v) is 4.39. The SMILES string of the molecule is CN(Cc1ccccc1)C(=O)CSC(=S)N1CCN(Cc2ccccc2)CC1. The van der Waals surface area contributed by atoms with Crippen LogP contribution in [0.5, 0.6) is 0 Å². The molecule has 0 radical (unpaired) electrons. The zero-order chi connectivity index (χ0) is 19.8. The van der Waals surface area contributed by atoms with E-state index in [-0.39, 0.29) is 5.91 Å². The highest BCUT2D eigenvalue weighted by Gasteiger charge is 2.20. The molecule has 0 aliphatic carbocycles. The quantitative estimate of drug-likeness (QED) is 0.676. The Kier molecular flexibility index (Phi) is 7.89. The third-order valence-electron chi connectivity index (χ3n) is 4.89. The van der Waals surface area contributed by atoms with Crippen LogP contribution in [0.2, 0.25) is 0 Å². The van der Waals surface area contributed by atoms with Crippen molar-refractivity contribution >= 4 is 34.2 Å². The lowest BCUT2D eigenvalue weighted by Gasteiger charge is -2.36. The number of amides is 1. The maximum absolute atomic E-state index is 12.4. The summed E-state index contributed by atoms with van der Waals surface area (Å²) in [4.78, 5) is 18.9. The third-order valence-corrected chi connectivity index (χ3v) is 6.40. The summed E-state index contributed by atoms with van der Waals surface area (Å²) in [5.41, 5.74) is 2.49. The van der Waals surface area contributed by atoms with Crippen LogP contribution in [0.25, 0.3) is 0 Å². The van der Waals surface area contributed by atoms with Crippen molar-refractivity contribution < 1.29 is 4.79 Å². The first kappa shape index (κ1) is 20.8. The first-order chi connectivity index (χ1) is 13.6. The van der Waals surface area contributed by atoms with Crippen LogP contribution >= 0.6 is 24.0 Å². The fraction of sp³-hybridized carbons (Fsp3) is 0.364. The number of thiocarbonyl (C=S) groups is 1. The minimum Gasteiger partial charge on any atom is -0.355 e. The highest BCUT2D eigenvalue weighted by Crippen LogP contribution is 2.15. The molecule has 0 N–H and O–H groups in total. The van der Waals surface area contributed by atoms with E-state index in [1.807, 2.05) is 37.4 Å². The van der Waals surface area contributed by atoms with Gasteiger partial charge in [0.1, 0.15) is 4.32 Å². The highest BCUT2D eigenvalue weighted by molar-refractivity contribution is 8.23. The zero-order valence-electron chi connectivity index (χ0n) is 16.3. The second kappa shape index (κ2) is 10.6. The molecule has 1 amide bonds. The molecule has 0 spiro atoms. The van der Waals surface area contributed by atoms with Crippen LogP contribution < -0.4 is 0 Å². The third kappa shape index (κ3) is 6.33. The molecule has 1 heterocycles. The number of nitrogens with zero attached hydrogens (tertiary/aromatic N) is 3. The Labute approximate surface area is 177 Å². The van der Waals surface area contributed by atoms with Crippen molar-refractivity contribution in [3.63, 3.8) is 0 Å². The first-order valence-corrected chi connectivity index (χ1v) is 11.0. The maximum atomic E-state index is 12.4. The van der Waals surface area contributed by atoms with Crippen molar-refractivity contribution in [1.29, 1.82) is 0 Å². The van der Waals surface area contributed by atoms with Crippen molar-refractivity contribution in [2.75, 3.05) is 39.0 Å². The van der Waals surface area contributed by atoms with Gasteiger partial charge in [-0.05, 0) is 11.1 Å². The van der Waals surface area contributed by atoms with E-state index < -0.39 is 0 Å². The van der Waals surface area contributed by atoms with Gasteiger partial charge in [0.2, 0.25) is 5.91 Å². The molecule has 1 aliphatic rings. The number of benzene rings is 2. The van der Waals surface area contributed by atoms with Crippen molar-refractivity contribution in [1.82, 2.24) is 14.7 Å². The number of thioether (sulfide) groups is 1. The minimum absolute atomic E-state index is 0.110. The Balaban J connectivity index is 1.37. The molecule has 0 bridgehead atoms. The molecule has 0 saturated carbocycles. The summed E-state index contributed by atoms with van der Waals surface area (Å²) in [7, 11) is 1.85. The summed E-state index contributed by atoms with van der Waals surface area (Å²) in [6.07, 6.45) is 0. The van der Waals surface area contributed by atoms with E-state index in [9.17, 15) is 4.79 Å². The molecular weight excluding hydrogens is 386 g/mol. The monoisotopic (exact) mass is 413 g/mol. The van der Waals surface area contributed by atoms with Gasteiger partial charge in [0, 0.05) is 46.3 Å². The Morgan fingerprint density at radius 2 is 1.54 bits per heavy atom. The number of carbonyl (C=O) groups is 1. The molecule has 1 fully saturated rings. The Bertz CT molecular complexity index is 762. The van der Waals surface area contributed by atoms with E-state index in [1.165, 1.54) is 17.3 Å². The molecule has 1 aliphatic heterocycles. The van der Waals surface area contributed by atoms with Crippen LogP contribution in [0.3, 0.4) is 0 Å². The molecule has 2 aromatic rings. The molecule has 0 aromatic heterocycles. The van der Waals surface area contributed by atoms with Crippen molar-refractivity contribution in [3.8, 4) is 0 Å². The van der Waals surface area contributed by atoms with Gasteiger partial charge in [0.15, 0.2) is 0 Å². The van der Waals surface area contributed by atoms with Crippen molar-refractivity contribution in [2.24, 2.45) is 0 Å². The summed E-state index contributed by atoms with van der Waals surface area (Å²) < 4.78 is 0.834. The van der Waals surface area contributed by atoms with Crippen LogP contribution in [0.4, 0.5) is 0 Å².